The van der Waals surface area contributed by atoms with Crippen LogP contribution in [0.3, 0.4) is 0 Å². The Morgan fingerprint density at radius 3 is 2.40 bits per heavy atom. The highest BCUT2D eigenvalue weighted by molar-refractivity contribution is 7.89. The second-order valence-corrected chi connectivity index (χ2v) is 4.00. The maximum absolute atomic E-state index is 12.7. The van der Waals surface area contributed by atoms with Crippen LogP contribution in [0.5, 0.6) is 5.75 Å². The van der Waals surface area contributed by atoms with Crippen LogP contribution >= 0.6 is 0 Å². The van der Waals surface area contributed by atoms with Crippen molar-refractivity contribution in [1.29, 1.82) is 0 Å². The lowest BCUT2D eigenvalue weighted by atomic mass is 10.3. The molecule has 0 fully saturated rings. The van der Waals surface area contributed by atoms with Gasteiger partial charge < -0.3 is 5.11 Å². The van der Waals surface area contributed by atoms with Crippen molar-refractivity contribution in [2.75, 3.05) is 0 Å². The van der Waals surface area contributed by atoms with Gasteiger partial charge in [0, 0.05) is 6.07 Å². The number of aromatic hydroxyl groups is 1. The smallest absolute Gasteiger partial charge is 0.283 e. The molecule has 5 nitrogen and oxygen atoms in total. The Morgan fingerprint density at radius 2 is 2.00 bits per heavy atom. The zero-order chi connectivity index (χ0) is 11.8. The number of hydrogen-bond acceptors (Lipinski definition) is 4. The number of sulfonamides is 1. The highest BCUT2D eigenvalue weighted by Gasteiger charge is 2.23. The Balaban J connectivity index is 3.50. The number of alkyl halides is 2. The number of pyridine rings is 1. The first kappa shape index (κ1) is 11.7. The fourth-order valence-corrected chi connectivity index (χ4v) is 1.41. The first-order valence-corrected chi connectivity index (χ1v) is 4.98. The van der Waals surface area contributed by atoms with Crippen molar-refractivity contribution in [2.24, 2.45) is 5.14 Å². The maximum atomic E-state index is 12.7. The van der Waals surface area contributed by atoms with Gasteiger partial charge in [-0.1, -0.05) is 0 Å². The average Bonchev–Trinajstić information content (AvgIpc) is 2.00. The first-order valence-electron chi connectivity index (χ1n) is 3.44. The second kappa shape index (κ2) is 3.66. The molecular formula is C6H5F3N2O3S. The maximum Gasteiger partial charge on any atom is 0.283 e. The zero-order valence-electron chi connectivity index (χ0n) is 6.99. The third-order valence-corrected chi connectivity index (χ3v) is 2.26. The lowest BCUT2D eigenvalue weighted by Crippen LogP contribution is -2.15. The Kier molecular flexibility index (Phi) is 2.86. The van der Waals surface area contributed by atoms with E-state index in [0.717, 1.165) is 0 Å². The monoisotopic (exact) mass is 242 g/mol. The Bertz CT molecular complexity index is 489. The molecule has 0 unspecified atom stereocenters. The fourth-order valence-electron chi connectivity index (χ4n) is 0.838. The summed E-state index contributed by atoms with van der Waals surface area (Å²) in [4.78, 5) is 2.75. The van der Waals surface area contributed by atoms with Crippen molar-refractivity contribution in [1.82, 2.24) is 4.98 Å². The van der Waals surface area contributed by atoms with Crippen LogP contribution in [0.25, 0.3) is 0 Å². The van der Waals surface area contributed by atoms with Crippen LogP contribution in [0.1, 0.15) is 12.1 Å². The Hall–Kier alpha value is -1.35. The number of hydrogen-bond donors (Lipinski definition) is 2. The zero-order valence-corrected chi connectivity index (χ0v) is 7.80. The summed E-state index contributed by atoms with van der Waals surface area (Å²) in [7, 11) is -4.47. The van der Waals surface area contributed by atoms with Gasteiger partial charge in [0.05, 0.1) is 0 Å². The molecule has 3 N–H and O–H groups in total. The van der Waals surface area contributed by atoms with Crippen molar-refractivity contribution in [2.45, 2.75) is 11.5 Å². The van der Waals surface area contributed by atoms with Crippen LogP contribution < -0.4 is 5.14 Å². The number of rotatable bonds is 2. The number of aromatic nitrogens is 1. The van der Waals surface area contributed by atoms with Gasteiger partial charge in [0.1, 0.15) is 5.69 Å². The van der Waals surface area contributed by atoms with Gasteiger partial charge in [0.2, 0.25) is 5.03 Å². The molecular weight excluding hydrogens is 237 g/mol. The molecule has 0 bridgehead atoms. The van der Waals surface area contributed by atoms with E-state index in [2.05, 4.69) is 10.1 Å². The van der Waals surface area contributed by atoms with E-state index < -0.39 is 38.7 Å². The largest absolute Gasteiger partial charge is 0.505 e. The van der Waals surface area contributed by atoms with E-state index in [-0.39, 0.29) is 6.07 Å². The molecule has 0 saturated carbocycles. The van der Waals surface area contributed by atoms with Gasteiger partial charge in [-0.25, -0.2) is 31.7 Å². The number of nitrogens with zero attached hydrogens (tertiary/aromatic N) is 1. The average molecular weight is 242 g/mol. The molecule has 0 aliphatic heterocycles. The lowest BCUT2D eigenvalue weighted by molar-refractivity contribution is 0.139. The van der Waals surface area contributed by atoms with Gasteiger partial charge in [-0.15, -0.1) is 0 Å². The molecule has 15 heavy (non-hydrogen) atoms. The third kappa shape index (κ3) is 2.36. The molecule has 0 spiro atoms. The topological polar surface area (TPSA) is 93.3 Å². The molecule has 0 aromatic carbocycles. The normalized spacial score (nSPS) is 12.1. The molecule has 9 heteroatoms. The van der Waals surface area contributed by atoms with Gasteiger partial charge in [0.15, 0.2) is 11.6 Å². The third-order valence-electron chi connectivity index (χ3n) is 1.43. The molecule has 0 amide bonds. The standard InChI is InChI=1S/C6H5F3N2O3S/c7-2-1-3(12)6(15(10,13)14)11-4(2)5(8)9/h1,5,12H,(H2,10,13,14). The molecule has 1 rings (SSSR count). The van der Waals surface area contributed by atoms with Crippen LogP contribution in [0.4, 0.5) is 13.2 Å². The van der Waals surface area contributed by atoms with Crippen LogP contribution in [-0.2, 0) is 10.0 Å². The summed E-state index contributed by atoms with van der Waals surface area (Å²) in [6, 6.07) is 0.217. The van der Waals surface area contributed by atoms with Crippen molar-refractivity contribution in [3.05, 3.63) is 17.6 Å². The van der Waals surface area contributed by atoms with E-state index in [4.69, 9.17) is 5.11 Å². The van der Waals surface area contributed by atoms with E-state index >= 15 is 0 Å². The molecule has 0 atom stereocenters. The summed E-state index contributed by atoms with van der Waals surface area (Å²) in [5.74, 6) is -2.62. The van der Waals surface area contributed by atoms with E-state index in [1.54, 1.807) is 0 Å². The Labute approximate surface area is 82.4 Å². The van der Waals surface area contributed by atoms with E-state index in [0.29, 0.717) is 0 Å². The van der Waals surface area contributed by atoms with Crippen molar-refractivity contribution >= 4 is 10.0 Å². The lowest BCUT2D eigenvalue weighted by Gasteiger charge is -2.05. The molecule has 0 saturated heterocycles. The number of halogens is 3. The fraction of sp³-hybridized carbons (Fsp3) is 0.167. The van der Waals surface area contributed by atoms with Crippen LogP contribution in [0.15, 0.2) is 11.1 Å². The SMILES string of the molecule is NS(=O)(=O)c1nc(C(F)F)c(F)cc1O. The first-order chi connectivity index (χ1) is 6.73. The Morgan fingerprint density at radius 1 is 1.47 bits per heavy atom. The molecule has 1 aromatic rings. The summed E-state index contributed by atoms with van der Waals surface area (Å²) in [5, 5.41) is 12.3. The van der Waals surface area contributed by atoms with Crippen molar-refractivity contribution in [3.8, 4) is 5.75 Å². The van der Waals surface area contributed by atoms with Crippen LogP contribution in [0, 0.1) is 5.82 Å². The van der Waals surface area contributed by atoms with Gasteiger partial charge in [0.25, 0.3) is 16.4 Å². The molecule has 84 valence electrons. The quantitative estimate of drug-likeness (QED) is 0.790. The van der Waals surface area contributed by atoms with E-state index in [9.17, 15) is 21.6 Å². The molecule has 0 aliphatic rings. The summed E-state index contributed by atoms with van der Waals surface area (Å²) < 4.78 is 58.4. The second-order valence-electron chi connectivity index (χ2n) is 2.53. The minimum Gasteiger partial charge on any atom is -0.505 e. The summed E-state index contributed by atoms with van der Waals surface area (Å²) >= 11 is 0. The molecule has 0 aliphatic carbocycles. The predicted molar refractivity (Wildman–Crippen MR) is 42.2 cm³/mol. The summed E-state index contributed by atoms with van der Waals surface area (Å²) in [5.41, 5.74) is -1.38. The van der Waals surface area contributed by atoms with Crippen molar-refractivity contribution < 1.29 is 26.7 Å². The predicted octanol–water partition coefficient (Wildman–Crippen LogP) is 0.511. The highest BCUT2D eigenvalue weighted by Crippen LogP contribution is 2.27. The van der Waals surface area contributed by atoms with E-state index in [1.165, 1.54) is 0 Å². The summed E-state index contributed by atoms with van der Waals surface area (Å²) in [6.45, 7) is 0. The number of primary sulfonamides is 1. The highest BCUT2D eigenvalue weighted by atomic mass is 32.2. The minimum absolute atomic E-state index is 0.217. The van der Waals surface area contributed by atoms with Gasteiger partial charge in [-0.3, -0.25) is 0 Å². The van der Waals surface area contributed by atoms with E-state index in [1.807, 2.05) is 0 Å². The van der Waals surface area contributed by atoms with Crippen molar-refractivity contribution in [3.63, 3.8) is 0 Å². The van der Waals surface area contributed by atoms with Gasteiger partial charge >= 0.3 is 0 Å². The van der Waals surface area contributed by atoms with Crippen LogP contribution in [0.2, 0.25) is 0 Å². The van der Waals surface area contributed by atoms with Gasteiger partial charge in [-0.05, 0) is 0 Å². The minimum atomic E-state index is -4.47. The number of nitrogens with two attached hydrogens (primary N) is 1. The molecule has 1 heterocycles. The van der Waals surface area contributed by atoms with Crippen LogP contribution in [-0.4, -0.2) is 18.5 Å². The molecule has 1 aromatic heterocycles. The summed E-state index contributed by atoms with van der Waals surface area (Å²) in [6.07, 6.45) is -3.30. The van der Waals surface area contributed by atoms with Gasteiger partial charge in [-0.2, -0.15) is 0 Å². The molecule has 0 radical (unpaired) electrons.